The average molecular weight is 815 g/mol. The van der Waals surface area contributed by atoms with Crippen LogP contribution in [0.2, 0.25) is 19.6 Å². The van der Waals surface area contributed by atoms with E-state index in [0.29, 0.717) is 0 Å². The van der Waals surface area contributed by atoms with Gasteiger partial charge in [0, 0.05) is 32.5 Å². The van der Waals surface area contributed by atoms with Gasteiger partial charge in [-0.15, -0.1) is 71.3 Å². The number of hydrogen-bond acceptors (Lipinski definition) is 2. The summed E-state index contributed by atoms with van der Waals surface area (Å²) in [6.07, 6.45) is 13.4. The van der Waals surface area contributed by atoms with Crippen LogP contribution in [0.25, 0.3) is 33.6 Å². The van der Waals surface area contributed by atoms with Crippen LogP contribution < -0.4 is 5.19 Å². The molecule has 0 N–H and O–H groups in total. The Morgan fingerprint density at radius 2 is 1.43 bits per heavy atom. The van der Waals surface area contributed by atoms with Gasteiger partial charge in [-0.2, -0.15) is 0 Å². The molecule has 1 fully saturated rings. The smallest absolute Gasteiger partial charge is 0.0798 e. The van der Waals surface area contributed by atoms with Crippen molar-refractivity contribution < 1.29 is 20.1 Å². The zero-order chi connectivity index (χ0) is 32.6. The van der Waals surface area contributed by atoms with Gasteiger partial charge in [-0.1, -0.05) is 121 Å². The summed E-state index contributed by atoms with van der Waals surface area (Å²) in [7, 11) is -1.36. The molecule has 2 heterocycles. The molecule has 6 rings (SSSR count). The summed E-state index contributed by atoms with van der Waals surface area (Å²) in [5, 5.41) is 1.54. The summed E-state index contributed by atoms with van der Waals surface area (Å²) in [4.78, 5) is 9.31. The first-order valence-electron chi connectivity index (χ1n) is 17.0. The van der Waals surface area contributed by atoms with Crippen LogP contribution in [0.5, 0.6) is 0 Å². The molecule has 0 unspecified atom stereocenters. The third-order valence-electron chi connectivity index (χ3n) is 8.76. The molecule has 47 heavy (non-hydrogen) atoms. The first kappa shape index (κ1) is 36.7. The third kappa shape index (κ3) is 10.9. The van der Waals surface area contributed by atoms with E-state index in [-0.39, 0.29) is 25.5 Å². The molecule has 4 heteroatoms. The second-order valence-electron chi connectivity index (χ2n) is 15.1. The minimum Gasteiger partial charge on any atom is -0.305 e. The minimum atomic E-state index is -1.36. The molecule has 1 saturated carbocycles. The molecule has 3 aromatic carbocycles. The molecule has 5 aromatic rings. The SMILES string of the molecule is CC(C)(C)Cc1cc[c-]c(-c2cc(-c3ccccc3)ccn2)c1.C[Si](C)(C)c1cnc(-c2[c-]cccc2)cc1CC1CCCCC1.[Ir]. The molecule has 2 aromatic heterocycles. The Bertz CT molecular complexity index is 1680. The van der Waals surface area contributed by atoms with Gasteiger partial charge in [0.05, 0.1) is 8.07 Å². The quantitative estimate of drug-likeness (QED) is 0.121. The maximum absolute atomic E-state index is 4.77. The number of pyridine rings is 2. The van der Waals surface area contributed by atoms with Crippen molar-refractivity contribution in [2.24, 2.45) is 11.3 Å². The summed E-state index contributed by atoms with van der Waals surface area (Å²) >= 11 is 0. The third-order valence-corrected chi connectivity index (χ3v) is 10.8. The molecule has 0 amide bonds. The molecular weight excluding hydrogens is 765 g/mol. The Kier molecular flexibility index (Phi) is 13.1. The summed E-state index contributed by atoms with van der Waals surface area (Å²) < 4.78 is 0. The molecule has 0 bridgehead atoms. The number of nitrogens with zero attached hydrogens (tertiary/aromatic N) is 2. The molecule has 2 nitrogen and oxygen atoms in total. The second kappa shape index (κ2) is 16.8. The van der Waals surface area contributed by atoms with Crippen molar-refractivity contribution in [3.8, 4) is 33.6 Å². The van der Waals surface area contributed by atoms with Crippen molar-refractivity contribution in [1.82, 2.24) is 9.97 Å². The average Bonchev–Trinajstić information content (AvgIpc) is 3.05. The molecule has 1 aliphatic rings. The van der Waals surface area contributed by atoms with E-state index in [1.165, 1.54) is 55.2 Å². The van der Waals surface area contributed by atoms with Gasteiger partial charge in [-0.25, -0.2) is 0 Å². The number of aromatic nitrogens is 2. The van der Waals surface area contributed by atoms with E-state index in [1.54, 1.807) is 10.8 Å². The molecular formula is C43H50IrN2Si-2. The summed E-state index contributed by atoms with van der Waals surface area (Å²) in [6.45, 7) is 14.1. The van der Waals surface area contributed by atoms with Crippen LogP contribution in [-0.2, 0) is 32.9 Å². The predicted octanol–water partition coefficient (Wildman–Crippen LogP) is 11.0. The minimum absolute atomic E-state index is 0. The molecule has 247 valence electrons. The van der Waals surface area contributed by atoms with E-state index < -0.39 is 8.07 Å². The number of benzene rings is 3. The maximum atomic E-state index is 4.77. The summed E-state index contributed by atoms with van der Waals surface area (Å²) in [5.74, 6) is 0.869. The van der Waals surface area contributed by atoms with E-state index >= 15 is 0 Å². The molecule has 0 aliphatic heterocycles. The van der Waals surface area contributed by atoms with Gasteiger partial charge in [0.25, 0.3) is 0 Å². The Labute approximate surface area is 298 Å². The standard InChI is InChI=1S/C22H22N.C21H28NSi.Ir/c1-22(2,3)16-17-8-7-11-20(14-17)21-15-19(12-13-23-21)18-9-5-4-6-10-18;1-23(2,3)21-16-22-20(18-12-8-5-9-13-18)15-19(21)14-17-10-6-4-7-11-17;/h4-10,12-15H,16H2,1-3H3;5,8-9,12,15-17H,4,6-7,10-11,14H2,1-3H3;/q2*-1;. The van der Waals surface area contributed by atoms with Crippen molar-refractivity contribution in [2.45, 2.75) is 85.4 Å². The fraction of sp³-hybridized carbons (Fsp3) is 0.349. The molecule has 1 radical (unpaired) electrons. The first-order chi connectivity index (χ1) is 22.0. The van der Waals surface area contributed by atoms with Gasteiger partial charge in [0.1, 0.15) is 0 Å². The van der Waals surface area contributed by atoms with Crippen molar-refractivity contribution >= 4 is 13.3 Å². The zero-order valence-electron chi connectivity index (χ0n) is 29.1. The van der Waals surface area contributed by atoms with Crippen molar-refractivity contribution in [1.29, 1.82) is 0 Å². The number of hydrogen-bond donors (Lipinski definition) is 0. The zero-order valence-corrected chi connectivity index (χ0v) is 32.5. The Morgan fingerprint density at radius 1 is 0.723 bits per heavy atom. The normalized spacial score (nSPS) is 13.7. The van der Waals surface area contributed by atoms with E-state index in [4.69, 9.17) is 4.98 Å². The van der Waals surface area contributed by atoms with Gasteiger partial charge < -0.3 is 9.97 Å². The first-order valence-corrected chi connectivity index (χ1v) is 20.5. The van der Waals surface area contributed by atoms with Gasteiger partial charge in [0.15, 0.2) is 0 Å². The van der Waals surface area contributed by atoms with Crippen LogP contribution in [0.4, 0.5) is 0 Å². The Hall–Kier alpha value is -3.17. The monoisotopic (exact) mass is 815 g/mol. The maximum Gasteiger partial charge on any atom is 0.0798 e. The van der Waals surface area contributed by atoms with E-state index in [0.717, 1.165) is 34.9 Å². The molecule has 1 aliphatic carbocycles. The molecule has 0 spiro atoms. The Balaban J connectivity index is 0.000000208. The number of rotatable bonds is 7. The molecule has 0 atom stereocenters. The fourth-order valence-corrected chi connectivity index (χ4v) is 8.10. The van der Waals surface area contributed by atoms with Crippen LogP contribution in [0.1, 0.15) is 64.0 Å². The van der Waals surface area contributed by atoms with Crippen LogP contribution in [-0.4, -0.2) is 18.0 Å². The van der Waals surface area contributed by atoms with Crippen LogP contribution in [0.15, 0.2) is 103 Å². The van der Waals surface area contributed by atoms with Gasteiger partial charge >= 0.3 is 0 Å². The Morgan fingerprint density at radius 3 is 2.11 bits per heavy atom. The van der Waals surface area contributed by atoms with Crippen LogP contribution in [0, 0.1) is 23.5 Å². The van der Waals surface area contributed by atoms with E-state index in [1.807, 2.05) is 30.5 Å². The van der Waals surface area contributed by atoms with Crippen LogP contribution >= 0.6 is 0 Å². The van der Waals surface area contributed by atoms with Crippen molar-refractivity contribution in [2.75, 3.05) is 0 Å². The van der Waals surface area contributed by atoms with E-state index in [2.05, 4.69) is 130 Å². The fourth-order valence-electron chi connectivity index (χ4n) is 6.52. The van der Waals surface area contributed by atoms with Gasteiger partial charge in [-0.05, 0) is 57.9 Å². The van der Waals surface area contributed by atoms with Crippen molar-refractivity contribution in [3.63, 3.8) is 0 Å². The predicted molar refractivity (Wildman–Crippen MR) is 199 cm³/mol. The summed E-state index contributed by atoms with van der Waals surface area (Å²) in [6, 6.07) is 38.1. The van der Waals surface area contributed by atoms with E-state index in [9.17, 15) is 0 Å². The van der Waals surface area contributed by atoms with Gasteiger partial charge in [0.2, 0.25) is 0 Å². The topological polar surface area (TPSA) is 25.8 Å². The molecule has 0 saturated heterocycles. The van der Waals surface area contributed by atoms with Gasteiger partial charge in [-0.3, -0.25) is 0 Å². The van der Waals surface area contributed by atoms with Crippen molar-refractivity contribution in [3.05, 3.63) is 127 Å². The largest absolute Gasteiger partial charge is 0.305 e. The second-order valence-corrected chi connectivity index (χ2v) is 20.1. The summed E-state index contributed by atoms with van der Waals surface area (Å²) in [5.41, 5.74) is 9.78. The van der Waals surface area contributed by atoms with Crippen LogP contribution in [0.3, 0.4) is 0 Å².